The Bertz CT molecular complexity index is 1430. The summed E-state index contributed by atoms with van der Waals surface area (Å²) in [5.74, 6) is 0.961. The van der Waals surface area contributed by atoms with E-state index in [1.807, 2.05) is 0 Å². The third kappa shape index (κ3) is 4.45. The SMILES string of the molecule is NC1=NCC(c2ccc([C@]34C[C@H]3CN(C3CCOCC3)C4)cc2)(C23CCC(O)(CC2)CC3)C=C1C(=O)NC12CCC(O)(CC1)CC2. The number of aliphatic hydroxyl groups is 2. The molecule has 46 heavy (non-hydrogen) atoms. The summed E-state index contributed by atoms with van der Waals surface area (Å²) in [6.07, 6.45) is 15.7. The van der Waals surface area contributed by atoms with Crippen LogP contribution in [0.3, 0.4) is 0 Å². The Morgan fingerprint density at radius 1 is 0.870 bits per heavy atom. The van der Waals surface area contributed by atoms with Gasteiger partial charge in [0, 0.05) is 48.7 Å². The number of hydrogen-bond acceptors (Lipinski definition) is 7. The van der Waals surface area contributed by atoms with E-state index < -0.39 is 16.6 Å². The quantitative estimate of drug-likeness (QED) is 0.378. The fourth-order valence-electron chi connectivity index (χ4n) is 11.5. The zero-order chi connectivity index (χ0) is 31.4. The van der Waals surface area contributed by atoms with E-state index >= 15 is 0 Å². The number of amidine groups is 1. The van der Waals surface area contributed by atoms with Gasteiger partial charge in [-0.3, -0.25) is 14.7 Å². The van der Waals surface area contributed by atoms with Gasteiger partial charge in [0.1, 0.15) is 5.84 Å². The van der Waals surface area contributed by atoms with Crippen LogP contribution in [-0.2, 0) is 20.4 Å². The first kappa shape index (κ1) is 29.8. The molecule has 0 spiro atoms. The molecule has 8 nitrogen and oxygen atoms in total. The topological polar surface area (TPSA) is 120 Å². The van der Waals surface area contributed by atoms with Crippen LogP contribution in [0.1, 0.15) is 107 Å². The maximum absolute atomic E-state index is 14.2. The number of nitrogens with zero attached hydrogens (tertiary/aromatic N) is 2. The highest BCUT2D eigenvalue weighted by Crippen LogP contribution is 2.63. The minimum Gasteiger partial charge on any atom is -0.390 e. The zero-order valence-electron chi connectivity index (χ0n) is 27.4. The van der Waals surface area contributed by atoms with Gasteiger partial charge in [0.2, 0.25) is 0 Å². The van der Waals surface area contributed by atoms with Crippen molar-refractivity contribution in [1.82, 2.24) is 10.2 Å². The number of rotatable bonds is 6. The van der Waals surface area contributed by atoms with Crippen molar-refractivity contribution in [3.63, 3.8) is 0 Å². The molecule has 0 aromatic heterocycles. The van der Waals surface area contributed by atoms with Crippen molar-refractivity contribution in [3.8, 4) is 0 Å². The van der Waals surface area contributed by atoms with E-state index in [9.17, 15) is 15.0 Å². The molecule has 3 heterocycles. The first-order valence-electron chi connectivity index (χ1n) is 18.3. The number of dihydropyridines is 1. The molecule has 4 bridgehead atoms. The molecule has 1 unspecified atom stereocenters. The van der Waals surface area contributed by atoms with Gasteiger partial charge in [-0.15, -0.1) is 0 Å². The number of fused-ring (bicyclic) bond motifs is 7. The lowest BCUT2D eigenvalue weighted by molar-refractivity contribution is -0.124. The first-order chi connectivity index (χ1) is 22.1. The Morgan fingerprint density at radius 3 is 2.09 bits per heavy atom. The van der Waals surface area contributed by atoms with Gasteiger partial charge in [-0.1, -0.05) is 30.3 Å². The van der Waals surface area contributed by atoms with Crippen molar-refractivity contribution in [2.24, 2.45) is 22.1 Å². The summed E-state index contributed by atoms with van der Waals surface area (Å²) < 4.78 is 5.65. The Labute approximate surface area is 273 Å². The average Bonchev–Trinajstić information content (AvgIpc) is 3.66. The molecular formula is C38H52N4O4. The molecular weight excluding hydrogens is 576 g/mol. The lowest BCUT2D eigenvalue weighted by Gasteiger charge is -2.59. The van der Waals surface area contributed by atoms with E-state index in [1.165, 1.54) is 24.1 Å². The maximum Gasteiger partial charge on any atom is 0.255 e. The Morgan fingerprint density at radius 2 is 1.46 bits per heavy atom. The van der Waals surface area contributed by atoms with Crippen molar-refractivity contribution in [2.75, 3.05) is 32.8 Å². The number of hydrogen-bond donors (Lipinski definition) is 4. The summed E-state index contributed by atoms with van der Waals surface area (Å²) in [6.45, 7) is 4.67. The van der Waals surface area contributed by atoms with Crippen LogP contribution < -0.4 is 11.1 Å². The van der Waals surface area contributed by atoms with Crippen LogP contribution in [-0.4, -0.2) is 82.5 Å². The van der Waals surface area contributed by atoms with Crippen LogP contribution >= 0.6 is 0 Å². The molecule has 10 aliphatic rings. The third-order valence-corrected chi connectivity index (χ3v) is 15.0. The van der Waals surface area contributed by atoms with Gasteiger partial charge in [-0.2, -0.15) is 0 Å². The molecule has 7 saturated carbocycles. The normalized spacial score (nSPS) is 45.2. The van der Waals surface area contributed by atoms with Gasteiger partial charge < -0.3 is 26.0 Å². The molecule has 1 aromatic carbocycles. The van der Waals surface area contributed by atoms with Crippen molar-refractivity contribution < 1.29 is 19.7 Å². The number of amides is 1. The average molecular weight is 629 g/mol. The number of carbonyl (C=O) groups excluding carboxylic acids is 1. The Hall–Kier alpha value is -2.26. The molecule has 11 rings (SSSR count). The highest BCUT2D eigenvalue weighted by atomic mass is 16.5. The minimum absolute atomic E-state index is 0.0766. The summed E-state index contributed by atoms with van der Waals surface area (Å²) in [6, 6.07) is 10.1. The van der Waals surface area contributed by atoms with Crippen LogP contribution in [0.4, 0.5) is 0 Å². The van der Waals surface area contributed by atoms with E-state index in [4.69, 9.17) is 15.5 Å². The molecule has 1 amide bonds. The smallest absolute Gasteiger partial charge is 0.255 e. The number of benzene rings is 1. The van der Waals surface area contributed by atoms with E-state index in [-0.39, 0.29) is 22.3 Å². The molecule has 3 atom stereocenters. The Balaban J connectivity index is 1.04. The van der Waals surface area contributed by atoms with E-state index in [1.54, 1.807) is 0 Å². The van der Waals surface area contributed by atoms with Crippen molar-refractivity contribution in [2.45, 2.75) is 130 Å². The fraction of sp³-hybridized carbons (Fsp3) is 0.737. The number of nitrogens with two attached hydrogens (primary N) is 1. The van der Waals surface area contributed by atoms with Gasteiger partial charge in [0.25, 0.3) is 5.91 Å². The minimum atomic E-state index is -0.552. The first-order valence-corrected chi connectivity index (χ1v) is 18.3. The predicted octanol–water partition coefficient (Wildman–Crippen LogP) is 4.01. The highest BCUT2D eigenvalue weighted by molar-refractivity contribution is 6.21. The maximum atomic E-state index is 14.2. The zero-order valence-corrected chi connectivity index (χ0v) is 27.4. The monoisotopic (exact) mass is 628 g/mol. The Kier molecular flexibility index (Phi) is 6.57. The summed E-state index contributed by atoms with van der Waals surface area (Å²) >= 11 is 0. The number of likely N-dealkylation sites (tertiary alicyclic amines) is 1. The van der Waals surface area contributed by atoms with Crippen molar-refractivity contribution >= 4 is 11.7 Å². The van der Waals surface area contributed by atoms with Gasteiger partial charge in [-0.05, 0) is 119 Å². The standard InChI is InChI=1S/C38H52N4O4/c39-31-30(32(43)41-34-10-16-36(45,17-11-34)18-12-34)22-38(24-40-31,33-7-13-35(44,14-8-33)15-9-33)27-3-1-26(2-4-27)37-21-28(37)23-42(25-37)29-5-19-46-20-6-29/h1-4,22,28-29,44-45H,5-21,23-25H2,(H2,39,40)(H,41,43)/t28-,33?,34?,35?,36?,37+,38?/m0/s1. The second-order valence-electron chi connectivity index (χ2n) is 17.1. The number of nitrogens with one attached hydrogen (secondary N) is 1. The fourth-order valence-corrected chi connectivity index (χ4v) is 11.5. The molecule has 2 saturated heterocycles. The van der Waals surface area contributed by atoms with Crippen LogP contribution in [0.25, 0.3) is 0 Å². The van der Waals surface area contributed by atoms with Crippen LogP contribution in [0.5, 0.6) is 0 Å². The highest BCUT2D eigenvalue weighted by Gasteiger charge is 2.62. The molecule has 7 aliphatic carbocycles. The van der Waals surface area contributed by atoms with Crippen LogP contribution in [0, 0.1) is 11.3 Å². The van der Waals surface area contributed by atoms with Crippen LogP contribution in [0.15, 0.2) is 40.9 Å². The van der Waals surface area contributed by atoms with Crippen LogP contribution in [0.2, 0.25) is 0 Å². The second-order valence-corrected chi connectivity index (χ2v) is 17.1. The number of ether oxygens (including phenoxy) is 1. The molecule has 1 aromatic rings. The second kappa shape index (κ2) is 10.1. The predicted molar refractivity (Wildman–Crippen MR) is 177 cm³/mol. The largest absolute Gasteiger partial charge is 0.390 e. The van der Waals surface area contributed by atoms with Crippen molar-refractivity contribution in [1.29, 1.82) is 0 Å². The molecule has 9 fully saturated rings. The summed E-state index contributed by atoms with van der Waals surface area (Å²) in [4.78, 5) is 21.9. The molecule has 0 radical (unpaired) electrons. The van der Waals surface area contributed by atoms with Gasteiger partial charge in [-0.25, -0.2) is 0 Å². The lowest BCUT2D eigenvalue weighted by Crippen LogP contribution is -2.60. The third-order valence-electron chi connectivity index (χ3n) is 15.0. The van der Waals surface area contributed by atoms with Crippen molar-refractivity contribution in [3.05, 3.63) is 47.0 Å². The molecule has 3 aliphatic heterocycles. The van der Waals surface area contributed by atoms with E-state index in [0.717, 1.165) is 116 Å². The number of aliphatic imine (C=N–C) groups is 1. The lowest BCUT2D eigenvalue weighted by atomic mass is 9.46. The molecule has 248 valence electrons. The molecule has 5 N–H and O–H groups in total. The summed E-state index contributed by atoms with van der Waals surface area (Å²) in [5.41, 5.74) is 8.16. The van der Waals surface area contributed by atoms with Gasteiger partial charge in [0.05, 0.1) is 23.3 Å². The summed E-state index contributed by atoms with van der Waals surface area (Å²) in [5, 5.41) is 25.4. The van der Waals surface area contributed by atoms with E-state index in [0.29, 0.717) is 24.0 Å². The molecule has 8 heteroatoms. The van der Waals surface area contributed by atoms with Gasteiger partial charge >= 0.3 is 0 Å². The summed E-state index contributed by atoms with van der Waals surface area (Å²) in [7, 11) is 0. The number of carbonyl (C=O) groups is 1. The van der Waals surface area contributed by atoms with Gasteiger partial charge in [0.15, 0.2) is 0 Å². The van der Waals surface area contributed by atoms with E-state index in [2.05, 4.69) is 40.6 Å². The number of piperidine rings is 1.